The zero-order valence-corrected chi connectivity index (χ0v) is 23.5. The number of hydrogen-bond donors (Lipinski definition) is 0. The Bertz CT molecular complexity index is 967. The number of ketones is 1. The molecule has 6 rings (SSSR count). The van der Waals surface area contributed by atoms with Crippen LogP contribution in [0.15, 0.2) is 0 Å². The molecule has 0 aromatic carbocycles. The molecule has 0 spiro atoms. The van der Waals surface area contributed by atoms with Crippen molar-refractivity contribution in [2.45, 2.75) is 118 Å². The summed E-state index contributed by atoms with van der Waals surface area (Å²) in [5.41, 5.74) is 0.0466. The predicted molar refractivity (Wildman–Crippen MR) is 136 cm³/mol. The number of epoxide rings is 1. The van der Waals surface area contributed by atoms with Gasteiger partial charge in [0.2, 0.25) is 0 Å². The van der Waals surface area contributed by atoms with Crippen molar-refractivity contribution in [2.75, 3.05) is 7.11 Å². The third-order valence-corrected chi connectivity index (χ3v) is 13.7. The third kappa shape index (κ3) is 2.84. The summed E-state index contributed by atoms with van der Waals surface area (Å²) < 4.78 is 11.7. The molecule has 0 radical (unpaired) electrons. The Morgan fingerprint density at radius 1 is 0.886 bits per heavy atom. The second-order valence-corrected chi connectivity index (χ2v) is 15.9. The molecule has 1 saturated heterocycles. The van der Waals surface area contributed by atoms with Crippen LogP contribution >= 0.6 is 0 Å². The van der Waals surface area contributed by atoms with Gasteiger partial charge in [0.05, 0.1) is 24.7 Å². The van der Waals surface area contributed by atoms with Crippen molar-refractivity contribution in [3.05, 3.63) is 0 Å². The monoisotopic (exact) mass is 484 g/mol. The van der Waals surface area contributed by atoms with Crippen molar-refractivity contribution >= 4 is 11.8 Å². The molecular weight excluding hydrogens is 436 g/mol. The number of esters is 1. The van der Waals surface area contributed by atoms with Gasteiger partial charge in [0.25, 0.3) is 0 Å². The first-order valence-electron chi connectivity index (χ1n) is 14.4. The molecule has 0 aromatic heterocycles. The number of ether oxygens (including phenoxy) is 2. The number of rotatable bonds is 1. The molecule has 35 heavy (non-hydrogen) atoms. The fourth-order valence-electron chi connectivity index (χ4n) is 11.7. The zero-order valence-electron chi connectivity index (χ0n) is 23.5. The highest BCUT2D eigenvalue weighted by atomic mass is 16.6. The second kappa shape index (κ2) is 6.94. The molecule has 4 nitrogen and oxygen atoms in total. The minimum Gasteiger partial charge on any atom is -0.469 e. The first-order chi connectivity index (χ1) is 16.2. The van der Waals surface area contributed by atoms with Gasteiger partial charge >= 0.3 is 5.97 Å². The van der Waals surface area contributed by atoms with Gasteiger partial charge < -0.3 is 9.47 Å². The highest BCUT2D eigenvalue weighted by Crippen LogP contribution is 2.77. The van der Waals surface area contributed by atoms with E-state index in [2.05, 4.69) is 48.5 Å². The van der Waals surface area contributed by atoms with Gasteiger partial charge in [-0.15, -0.1) is 0 Å². The summed E-state index contributed by atoms with van der Waals surface area (Å²) in [6.45, 7) is 17.0. The Balaban J connectivity index is 1.44. The zero-order chi connectivity index (χ0) is 25.4. The Kier molecular flexibility index (Phi) is 4.85. The van der Waals surface area contributed by atoms with Gasteiger partial charge in [0.15, 0.2) is 0 Å². The van der Waals surface area contributed by atoms with Crippen LogP contribution in [0.2, 0.25) is 0 Å². The maximum Gasteiger partial charge on any atom is 0.312 e. The van der Waals surface area contributed by atoms with Crippen LogP contribution in [0.5, 0.6) is 0 Å². The lowest BCUT2D eigenvalue weighted by molar-refractivity contribution is -0.236. The average molecular weight is 485 g/mol. The fourth-order valence-corrected chi connectivity index (χ4v) is 11.7. The maximum absolute atomic E-state index is 14.4. The summed E-state index contributed by atoms with van der Waals surface area (Å²) in [5.74, 6) is 1.47. The number of Topliss-reactive ketones (excluding diaryl/α,β-unsaturated/α-hetero) is 1. The molecule has 196 valence electrons. The van der Waals surface area contributed by atoms with Crippen molar-refractivity contribution in [2.24, 2.45) is 56.2 Å². The number of carbonyl (C=O) groups excluding carboxylic acids is 2. The van der Waals surface area contributed by atoms with Gasteiger partial charge in [-0.2, -0.15) is 0 Å². The smallest absolute Gasteiger partial charge is 0.312 e. The summed E-state index contributed by atoms with van der Waals surface area (Å²) in [5, 5.41) is 0. The van der Waals surface area contributed by atoms with E-state index < -0.39 is 5.41 Å². The van der Waals surface area contributed by atoms with Crippen LogP contribution in [0, 0.1) is 56.2 Å². The quantitative estimate of drug-likeness (QED) is 0.311. The SMILES string of the molecule is COC(=O)[C@]12CCC(C)(C)CC1C1C(=O)CC3[C@@]4(C)C[C@@H]5O[C@@H]5C(C)(C)C4CC[C@@]3(C)[C@]1(C)CC2. The van der Waals surface area contributed by atoms with Crippen molar-refractivity contribution in [1.82, 2.24) is 0 Å². The van der Waals surface area contributed by atoms with E-state index in [9.17, 15) is 9.59 Å². The lowest BCUT2D eigenvalue weighted by Crippen LogP contribution is -2.69. The summed E-state index contributed by atoms with van der Waals surface area (Å²) in [6, 6.07) is 0. The molecule has 6 fully saturated rings. The molecule has 0 amide bonds. The summed E-state index contributed by atoms with van der Waals surface area (Å²) in [6.07, 6.45) is 9.72. The van der Waals surface area contributed by atoms with E-state index in [0.717, 1.165) is 38.5 Å². The van der Waals surface area contributed by atoms with Gasteiger partial charge in [0, 0.05) is 12.3 Å². The van der Waals surface area contributed by atoms with E-state index in [-0.39, 0.29) is 44.9 Å². The van der Waals surface area contributed by atoms with Crippen LogP contribution in [0.3, 0.4) is 0 Å². The molecule has 6 aliphatic rings. The molecule has 4 unspecified atom stereocenters. The molecule has 1 aliphatic heterocycles. The first kappa shape index (κ1) is 24.4. The van der Waals surface area contributed by atoms with Crippen LogP contribution in [0.25, 0.3) is 0 Å². The minimum absolute atomic E-state index is 0.0298. The van der Waals surface area contributed by atoms with Gasteiger partial charge in [-0.05, 0) is 96.2 Å². The number of hydrogen-bond acceptors (Lipinski definition) is 4. The Hall–Kier alpha value is -0.900. The van der Waals surface area contributed by atoms with Crippen LogP contribution < -0.4 is 0 Å². The number of fused-ring (bicyclic) bond motifs is 8. The van der Waals surface area contributed by atoms with Crippen LogP contribution in [0.1, 0.15) is 106 Å². The predicted octanol–water partition coefficient (Wildman–Crippen LogP) is 6.60. The Morgan fingerprint density at radius 2 is 1.57 bits per heavy atom. The average Bonchev–Trinajstić information content (AvgIpc) is 3.54. The molecule has 1 heterocycles. The lowest BCUT2D eigenvalue weighted by Gasteiger charge is -2.72. The van der Waals surface area contributed by atoms with E-state index in [4.69, 9.17) is 9.47 Å². The van der Waals surface area contributed by atoms with Gasteiger partial charge in [-0.1, -0.05) is 48.5 Å². The van der Waals surface area contributed by atoms with E-state index in [1.54, 1.807) is 7.11 Å². The topological polar surface area (TPSA) is 55.9 Å². The van der Waals surface area contributed by atoms with Crippen molar-refractivity contribution in [3.63, 3.8) is 0 Å². The molecule has 10 atom stereocenters. The molecule has 5 aliphatic carbocycles. The third-order valence-electron chi connectivity index (χ3n) is 13.7. The summed E-state index contributed by atoms with van der Waals surface area (Å²) in [4.78, 5) is 27.8. The van der Waals surface area contributed by atoms with Crippen molar-refractivity contribution in [1.29, 1.82) is 0 Å². The van der Waals surface area contributed by atoms with E-state index in [1.807, 2.05) is 0 Å². The molecular formula is C31H48O4. The van der Waals surface area contributed by atoms with Crippen LogP contribution in [-0.2, 0) is 19.1 Å². The Morgan fingerprint density at radius 3 is 2.26 bits per heavy atom. The summed E-state index contributed by atoms with van der Waals surface area (Å²) in [7, 11) is 1.54. The van der Waals surface area contributed by atoms with E-state index in [1.165, 1.54) is 12.8 Å². The van der Waals surface area contributed by atoms with Crippen LogP contribution in [0.4, 0.5) is 0 Å². The van der Waals surface area contributed by atoms with Crippen LogP contribution in [-0.4, -0.2) is 31.1 Å². The number of carbonyl (C=O) groups is 2. The molecule has 0 aromatic rings. The van der Waals surface area contributed by atoms with Crippen molar-refractivity contribution in [3.8, 4) is 0 Å². The van der Waals surface area contributed by atoms with Gasteiger partial charge in [-0.3, -0.25) is 9.59 Å². The normalized spacial score (nSPS) is 55.4. The Labute approximate surface area is 212 Å². The standard InChI is InChI=1S/C31H48O4/c1-26(2)11-13-31(25(33)34-8)14-12-30(7)23(18(31)16-26)19(32)15-22-28(5)17-20-24(35-20)27(3,4)21(28)9-10-29(22,30)6/h18,20-24H,9-17H2,1-8H3/t18?,20-,21?,22?,23?,24-,28-,29+,30+,31-/m0/s1. The fraction of sp³-hybridized carbons (Fsp3) is 0.935. The van der Waals surface area contributed by atoms with Crippen molar-refractivity contribution < 1.29 is 19.1 Å². The molecule has 5 saturated carbocycles. The minimum atomic E-state index is -0.476. The molecule has 0 N–H and O–H groups in total. The second-order valence-electron chi connectivity index (χ2n) is 15.9. The highest BCUT2D eigenvalue weighted by Gasteiger charge is 2.75. The van der Waals surface area contributed by atoms with E-state index in [0.29, 0.717) is 36.2 Å². The summed E-state index contributed by atoms with van der Waals surface area (Å²) >= 11 is 0. The lowest BCUT2D eigenvalue weighted by atomic mass is 9.31. The highest BCUT2D eigenvalue weighted by molar-refractivity contribution is 5.86. The molecule has 0 bridgehead atoms. The van der Waals surface area contributed by atoms with Gasteiger partial charge in [0.1, 0.15) is 5.78 Å². The maximum atomic E-state index is 14.4. The van der Waals surface area contributed by atoms with E-state index >= 15 is 0 Å². The molecule has 4 heteroatoms. The largest absolute Gasteiger partial charge is 0.469 e. The number of methoxy groups -OCH3 is 1. The van der Waals surface area contributed by atoms with Gasteiger partial charge in [-0.25, -0.2) is 0 Å². The first-order valence-corrected chi connectivity index (χ1v) is 14.4.